The molecule has 0 spiro atoms. The maximum atomic E-state index is 12.5. The van der Waals surface area contributed by atoms with Crippen molar-refractivity contribution in [3.05, 3.63) is 18.2 Å². The van der Waals surface area contributed by atoms with Crippen molar-refractivity contribution < 1.29 is 17.6 Å². The van der Waals surface area contributed by atoms with Gasteiger partial charge in [0, 0.05) is 0 Å². The molecule has 1 heterocycles. The minimum absolute atomic E-state index is 0.00274. The lowest BCUT2D eigenvalue weighted by atomic mass is 10.3. The summed E-state index contributed by atoms with van der Waals surface area (Å²) in [7, 11) is 0. The first-order valence-electron chi connectivity index (χ1n) is 4.25. The summed E-state index contributed by atoms with van der Waals surface area (Å²) in [5.41, 5.74) is -1.91. The highest BCUT2D eigenvalue weighted by Gasteiger charge is 2.63. The summed E-state index contributed by atoms with van der Waals surface area (Å²) >= 11 is 0. The van der Waals surface area contributed by atoms with Crippen LogP contribution in [0.4, 0.5) is 23.5 Å². The van der Waals surface area contributed by atoms with Crippen LogP contribution in [-0.2, 0) is 0 Å². The fourth-order valence-corrected chi connectivity index (χ4v) is 1.20. The van der Waals surface area contributed by atoms with E-state index < -0.39 is 17.5 Å². The lowest BCUT2D eigenvalue weighted by Gasteiger charge is -2.20. The molecule has 1 saturated carbocycles. The van der Waals surface area contributed by atoms with Crippen LogP contribution in [0.1, 0.15) is 12.8 Å². The highest BCUT2D eigenvalue weighted by molar-refractivity contribution is 5.34. The maximum absolute atomic E-state index is 12.5. The zero-order valence-corrected chi connectivity index (χ0v) is 7.48. The first-order valence-corrected chi connectivity index (χ1v) is 4.25. The van der Waals surface area contributed by atoms with Gasteiger partial charge in [-0.25, -0.2) is 14.4 Å². The molecule has 1 aliphatic rings. The van der Waals surface area contributed by atoms with Crippen LogP contribution in [0.15, 0.2) is 12.4 Å². The minimum atomic E-state index is -4.33. The average Bonchev–Trinajstić information content (AvgIpc) is 2.89. The van der Waals surface area contributed by atoms with Gasteiger partial charge in [-0.15, -0.1) is 0 Å². The molecular formula is C8H7F4N3. The predicted molar refractivity (Wildman–Crippen MR) is 43.6 cm³/mol. The van der Waals surface area contributed by atoms with Crippen LogP contribution in [0.5, 0.6) is 0 Å². The second-order valence-corrected chi connectivity index (χ2v) is 3.43. The Kier molecular flexibility index (Phi) is 2.06. The summed E-state index contributed by atoms with van der Waals surface area (Å²) in [6.07, 6.45) is -2.69. The van der Waals surface area contributed by atoms with Crippen molar-refractivity contribution in [2.75, 3.05) is 5.32 Å². The Balaban J connectivity index is 2.13. The van der Waals surface area contributed by atoms with Crippen LogP contribution in [0.3, 0.4) is 0 Å². The number of rotatable bonds is 2. The number of hydrogen-bond acceptors (Lipinski definition) is 3. The highest BCUT2D eigenvalue weighted by Crippen LogP contribution is 2.50. The van der Waals surface area contributed by atoms with Gasteiger partial charge in [-0.3, -0.25) is 0 Å². The van der Waals surface area contributed by atoms with Gasteiger partial charge in [0.15, 0.2) is 5.82 Å². The summed E-state index contributed by atoms with van der Waals surface area (Å²) < 4.78 is 49.8. The molecule has 0 amide bonds. The Morgan fingerprint density at radius 3 is 2.13 bits per heavy atom. The molecule has 0 radical (unpaired) electrons. The molecule has 1 aromatic rings. The molecule has 0 unspecified atom stereocenters. The number of halogens is 4. The summed E-state index contributed by atoms with van der Waals surface area (Å²) in [5.74, 6) is -0.886. The summed E-state index contributed by atoms with van der Waals surface area (Å²) in [5, 5.41) is 2.18. The Morgan fingerprint density at radius 2 is 1.73 bits per heavy atom. The van der Waals surface area contributed by atoms with E-state index in [0.29, 0.717) is 0 Å². The highest BCUT2D eigenvalue weighted by atomic mass is 19.4. The van der Waals surface area contributed by atoms with Crippen molar-refractivity contribution in [3.63, 3.8) is 0 Å². The van der Waals surface area contributed by atoms with Crippen LogP contribution < -0.4 is 5.32 Å². The molecule has 1 aromatic heterocycles. The summed E-state index contributed by atoms with van der Waals surface area (Å²) in [6, 6.07) is 0. The molecule has 1 aliphatic carbocycles. The predicted octanol–water partition coefficient (Wildman–Crippen LogP) is 2.12. The van der Waals surface area contributed by atoms with Crippen LogP contribution in [0.2, 0.25) is 0 Å². The van der Waals surface area contributed by atoms with Gasteiger partial charge in [-0.2, -0.15) is 13.2 Å². The lowest BCUT2D eigenvalue weighted by molar-refractivity contribution is -0.151. The monoisotopic (exact) mass is 221 g/mol. The van der Waals surface area contributed by atoms with Gasteiger partial charge < -0.3 is 5.32 Å². The SMILES string of the molecule is Fc1cnc(NC2(C(F)(F)F)CC2)nc1. The van der Waals surface area contributed by atoms with Gasteiger partial charge in [-0.05, 0) is 12.8 Å². The van der Waals surface area contributed by atoms with Crippen LogP contribution in [-0.4, -0.2) is 21.7 Å². The normalized spacial score (nSPS) is 18.7. The number of nitrogens with zero attached hydrogens (tertiary/aromatic N) is 2. The van der Waals surface area contributed by atoms with Gasteiger partial charge in [0.1, 0.15) is 5.54 Å². The second-order valence-electron chi connectivity index (χ2n) is 3.43. The number of nitrogens with one attached hydrogen (secondary N) is 1. The van der Waals surface area contributed by atoms with Crippen LogP contribution in [0, 0.1) is 5.82 Å². The van der Waals surface area contributed by atoms with E-state index in [4.69, 9.17) is 0 Å². The standard InChI is InChI=1S/C8H7F4N3/c9-5-3-13-6(14-4-5)15-7(1-2-7)8(10,11)12/h3-4H,1-2H2,(H,13,14,15). The van der Waals surface area contributed by atoms with Gasteiger partial charge in [0.2, 0.25) is 5.95 Å². The lowest BCUT2D eigenvalue weighted by Crippen LogP contribution is -2.39. The maximum Gasteiger partial charge on any atom is 0.411 e. The van der Waals surface area contributed by atoms with Gasteiger partial charge in [-0.1, -0.05) is 0 Å². The van der Waals surface area contributed by atoms with Crippen molar-refractivity contribution in [1.82, 2.24) is 9.97 Å². The molecular weight excluding hydrogens is 214 g/mol. The quantitative estimate of drug-likeness (QED) is 0.777. The molecule has 2 rings (SSSR count). The van der Waals surface area contributed by atoms with Gasteiger partial charge >= 0.3 is 6.18 Å². The molecule has 1 N–H and O–H groups in total. The van der Waals surface area contributed by atoms with Crippen molar-refractivity contribution in [2.45, 2.75) is 24.6 Å². The number of aromatic nitrogens is 2. The molecule has 0 aliphatic heterocycles. The van der Waals surface area contributed by atoms with Gasteiger partial charge in [0.05, 0.1) is 12.4 Å². The molecule has 3 nitrogen and oxygen atoms in total. The summed E-state index contributed by atoms with van der Waals surface area (Å²) in [6.45, 7) is 0. The topological polar surface area (TPSA) is 37.8 Å². The molecule has 0 saturated heterocycles. The number of anilines is 1. The van der Waals surface area contributed by atoms with E-state index in [1.807, 2.05) is 0 Å². The smallest absolute Gasteiger partial charge is 0.340 e. The fraction of sp³-hybridized carbons (Fsp3) is 0.500. The molecule has 7 heteroatoms. The number of hydrogen-bond donors (Lipinski definition) is 1. The third kappa shape index (κ3) is 1.86. The van der Waals surface area contributed by atoms with E-state index in [1.54, 1.807) is 0 Å². The Hall–Kier alpha value is -1.40. The van der Waals surface area contributed by atoms with E-state index in [1.165, 1.54) is 0 Å². The fourth-order valence-electron chi connectivity index (χ4n) is 1.20. The van der Waals surface area contributed by atoms with Crippen molar-refractivity contribution in [3.8, 4) is 0 Å². The molecule has 15 heavy (non-hydrogen) atoms. The first-order chi connectivity index (χ1) is 6.93. The van der Waals surface area contributed by atoms with Crippen molar-refractivity contribution >= 4 is 5.95 Å². The number of alkyl halides is 3. The van der Waals surface area contributed by atoms with E-state index in [-0.39, 0.29) is 18.8 Å². The molecule has 82 valence electrons. The molecule has 0 atom stereocenters. The largest absolute Gasteiger partial charge is 0.411 e. The second kappa shape index (κ2) is 3.04. The zero-order valence-electron chi connectivity index (χ0n) is 7.48. The van der Waals surface area contributed by atoms with E-state index in [9.17, 15) is 17.6 Å². The zero-order chi connectivity index (χ0) is 11.1. The van der Waals surface area contributed by atoms with Crippen molar-refractivity contribution in [2.24, 2.45) is 0 Å². The minimum Gasteiger partial charge on any atom is -0.340 e. The third-order valence-electron chi connectivity index (χ3n) is 2.26. The third-order valence-corrected chi connectivity index (χ3v) is 2.26. The molecule has 1 fully saturated rings. The Labute approximate surface area is 82.5 Å². The Bertz CT molecular complexity index is 355. The Morgan fingerprint density at radius 1 is 1.20 bits per heavy atom. The van der Waals surface area contributed by atoms with Crippen LogP contribution >= 0.6 is 0 Å². The molecule has 0 bridgehead atoms. The summed E-state index contributed by atoms with van der Waals surface area (Å²) in [4.78, 5) is 6.84. The van der Waals surface area contributed by atoms with Crippen LogP contribution in [0.25, 0.3) is 0 Å². The van der Waals surface area contributed by atoms with Crippen molar-refractivity contribution in [1.29, 1.82) is 0 Å². The van der Waals surface area contributed by atoms with E-state index in [2.05, 4.69) is 15.3 Å². The van der Waals surface area contributed by atoms with Gasteiger partial charge in [0.25, 0.3) is 0 Å². The average molecular weight is 221 g/mol. The first kappa shape index (κ1) is 10.1. The van der Waals surface area contributed by atoms with E-state index in [0.717, 1.165) is 12.4 Å². The van der Waals surface area contributed by atoms with E-state index >= 15 is 0 Å². The molecule has 0 aromatic carbocycles.